The number of rotatable bonds is 8. The van der Waals surface area contributed by atoms with Crippen molar-refractivity contribution in [3.05, 3.63) is 71.8 Å². The monoisotopic (exact) mass is 461 g/mol. The summed E-state index contributed by atoms with van der Waals surface area (Å²) in [6, 6.07) is 22.1. The van der Waals surface area contributed by atoms with Crippen molar-refractivity contribution in [2.24, 2.45) is 5.92 Å². The quantitative estimate of drug-likeness (QED) is 0.496. The number of urea groups is 1. The lowest BCUT2D eigenvalue weighted by molar-refractivity contribution is -0.0218. The van der Waals surface area contributed by atoms with Crippen LogP contribution in [0.15, 0.2) is 60.7 Å². The first kappa shape index (κ1) is 24.8. The Morgan fingerprint density at radius 1 is 0.882 bits per heavy atom. The van der Waals surface area contributed by atoms with Crippen LogP contribution in [0.1, 0.15) is 63.5 Å². The first-order chi connectivity index (χ1) is 16.6. The zero-order chi connectivity index (χ0) is 23.8. The van der Waals surface area contributed by atoms with Crippen LogP contribution in [-0.2, 0) is 12.8 Å². The normalized spacial score (nSPS) is 22.9. The van der Waals surface area contributed by atoms with Crippen LogP contribution in [0.4, 0.5) is 4.79 Å². The highest BCUT2D eigenvalue weighted by Gasteiger charge is 2.47. The lowest BCUT2D eigenvalue weighted by Crippen LogP contribution is -2.65. The highest BCUT2D eigenvalue weighted by molar-refractivity contribution is 5.75. The molecule has 0 spiro atoms. The van der Waals surface area contributed by atoms with Gasteiger partial charge < -0.3 is 10.2 Å². The van der Waals surface area contributed by atoms with E-state index in [0.717, 1.165) is 45.2 Å². The molecule has 2 unspecified atom stereocenters. The minimum Gasteiger partial charge on any atom is -0.338 e. The van der Waals surface area contributed by atoms with Crippen LogP contribution in [0, 0.1) is 5.92 Å². The molecule has 4 nitrogen and oxygen atoms in total. The van der Waals surface area contributed by atoms with E-state index in [1.807, 2.05) is 0 Å². The van der Waals surface area contributed by atoms with Crippen LogP contribution < -0.4 is 5.32 Å². The van der Waals surface area contributed by atoms with E-state index in [-0.39, 0.29) is 11.6 Å². The number of piperidine rings is 2. The Morgan fingerprint density at radius 2 is 1.53 bits per heavy atom. The van der Waals surface area contributed by atoms with Crippen LogP contribution in [0.2, 0.25) is 0 Å². The Labute approximate surface area is 206 Å². The molecule has 2 amide bonds. The van der Waals surface area contributed by atoms with Gasteiger partial charge in [-0.15, -0.1) is 0 Å². The van der Waals surface area contributed by atoms with Crippen molar-refractivity contribution < 1.29 is 4.79 Å². The molecule has 2 aliphatic rings. The Morgan fingerprint density at radius 3 is 2.21 bits per heavy atom. The number of nitrogens with one attached hydrogen (secondary N) is 1. The Balaban J connectivity index is 1.37. The summed E-state index contributed by atoms with van der Waals surface area (Å²) in [6.45, 7) is 8.60. The van der Waals surface area contributed by atoms with Gasteiger partial charge in [-0.2, -0.15) is 0 Å². The molecule has 2 atom stereocenters. The Hall–Kier alpha value is -2.33. The van der Waals surface area contributed by atoms with Gasteiger partial charge in [0.05, 0.1) is 0 Å². The van der Waals surface area contributed by atoms with E-state index in [2.05, 4.69) is 89.6 Å². The largest absolute Gasteiger partial charge is 0.338 e. The maximum atomic E-state index is 13.3. The second-order valence-electron chi connectivity index (χ2n) is 10.7. The van der Waals surface area contributed by atoms with Gasteiger partial charge in [-0.05, 0) is 83.0 Å². The predicted octanol–water partition coefficient (Wildman–Crippen LogP) is 5.92. The molecule has 0 aromatic heterocycles. The van der Waals surface area contributed by atoms with E-state index in [9.17, 15) is 4.79 Å². The fraction of sp³-hybridized carbons (Fsp3) is 0.567. The SMILES string of the molecule is CC1(C)C(Cc2ccccc2)C(N2CCCCC2)CCN1C(=O)NCCCCc1ccccc1. The average Bonchev–Trinajstić information content (AvgIpc) is 2.86. The number of carbonyl (C=O) groups is 1. The predicted molar refractivity (Wildman–Crippen MR) is 141 cm³/mol. The summed E-state index contributed by atoms with van der Waals surface area (Å²) in [5.41, 5.74) is 2.56. The van der Waals surface area contributed by atoms with Gasteiger partial charge in [0.15, 0.2) is 0 Å². The lowest BCUT2D eigenvalue weighted by Gasteiger charge is -2.54. The summed E-state index contributed by atoms with van der Waals surface area (Å²) in [5, 5.41) is 3.25. The first-order valence-electron chi connectivity index (χ1n) is 13.4. The minimum atomic E-state index is -0.190. The summed E-state index contributed by atoms with van der Waals surface area (Å²) < 4.78 is 0. The summed E-state index contributed by atoms with van der Waals surface area (Å²) >= 11 is 0. The van der Waals surface area contributed by atoms with E-state index in [4.69, 9.17) is 0 Å². The fourth-order valence-corrected chi connectivity index (χ4v) is 6.12. The van der Waals surface area contributed by atoms with Crippen molar-refractivity contribution in [3.63, 3.8) is 0 Å². The molecule has 2 aromatic rings. The maximum Gasteiger partial charge on any atom is 0.317 e. The van der Waals surface area contributed by atoms with Gasteiger partial charge in [0.25, 0.3) is 0 Å². The third kappa shape index (κ3) is 6.21. The summed E-state index contributed by atoms with van der Waals surface area (Å²) in [6.07, 6.45) is 9.25. The Kier molecular flexibility index (Phi) is 8.66. The average molecular weight is 462 g/mol. The summed E-state index contributed by atoms with van der Waals surface area (Å²) in [5.74, 6) is 0.422. The van der Waals surface area contributed by atoms with Gasteiger partial charge in [-0.3, -0.25) is 4.90 Å². The number of hydrogen-bond donors (Lipinski definition) is 1. The zero-order valence-electron chi connectivity index (χ0n) is 21.2. The van der Waals surface area contributed by atoms with Crippen molar-refractivity contribution >= 4 is 6.03 Å². The fourth-order valence-electron chi connectivity index (χ4n) is 6.12. The molecule has 0 radical (unpaired) electrons. The highest BCUT2D eigenvalue weighted by Crippen LogP contribution is 2.39. The minimum absolute atomic E-state index is 0.111. The van der Waals surface area contributed by atoms with Gasteiger partial charge in [-0.1, -0.05) is 67.1 Å². The molecule has 184 valence electrons. The van der Waals surface area contributed by atoms with Crippen molar-refractivity contribution in [2.45, 2.75) is 76.8 Å². The van der Waals surface area contributed by atoms with Crippen LogP contribution in [0.3, 0.4) is 0 Å². The number of unbranched alkanes of at least 4 members (excludes halogenated alkanes) is 1. The first-order valence-corrected chi connectivity index (χ1v) is 13.4. The molecule has 0 aliphatic carbocycles. The van der Waals surface area contributed by atoms with E-state index in [0.29, 0.717) is 12.0 Å². The smallest absolute Gasteiger partial charge is 0.317 e. The topological polar surface area (TPSA) is 35.6 Å². The highest BCUT2D eigenvalue weighted by atomic mass is 16.2. The van der Waals surface area contributed by atoms with E-state index in [1.54, 1.807) is 0 Å². The second-order valence-corrected chi connectivity index (χ2v) is 10.7. The number of nitrogens with zero attached hydrogens (tertiary/aromatic N) is 2. The molecule has 4 rings (SSSR count). The number of benzene rings is 2. The van der Waals surface area contributed by atoms with Gasteiger partial charge in [0.2, 0.25) is 0 Å². The van der Waals surface area contributed by atoms with Crippen molar-refractivity contribution in [2.75, 3.05) is 26.2 Å². The van der Waals surface area contributed by atoms with Crippen LogP contribution in [0.25, 0.3) is 0 Å². The standard InChI is InChI=1S/C30H43N3O/c1-30(2)27(24-26-17-8-4-9-18-26)28(32-21-12-5-13-22-32)19-23-33(30)29(34)31-20-11-10-16-25-14-6-3-7-15-25/h3-4,6-9,14-15,17-18,27-28H,5,10-13,16,19-24H2,1-2H3,(H,31,34). The molecule has 4 heteroatoms. The van der Waals surface area contributed by atoms with Crippen LogP contribution >= 0.6 is 0 Å². The molecule has 0 saturated carbocycles. The van der Waals surface area contributed by atoms with Gasteiger partial charge in [0, 0.05) is 30.6 Å². The zero-order valence-corrected chi connectivity index (χ0v) is 21.2. The molecule has 2 aromatic carbocycles. The lowest BCUT2D eigenvalue weighted by atomic mass is 9.72. The van der Waals surface area contributed by atoms with Crippen LogP contribution in [0.5, 0.6) is 0 Å². The molecule has 0 bridgehead atoms. The molecule has 2 saturated heterocycles. The molecular formula is C30H43N3O. The van der Waals surface area contributed by atoms with E-state index < -0.39 is 0 Å². The van der Waals surface area contributed by atoms with Crippen molar-refractivity contribution in [3.8, 4) is 0 Å². The van der Waals surface area contributed by atoms with Gasteiger partial charge in [-0.25, -0.2) is 4.79 Å². The number of carbonyl (C=O) groups excluding carboxylic acids is 1. The second kappa shape index (κ2) is 11.9. The van der Waals surface area contributed by atoms with Crippen LogP contribution in [-0.4, -0.2) is 53.6 Å². The molecule has 2 aliphatic heterocycles. The third-order valence-electron chi connectivity index (χ3n) is 8.13. The summed E-state index contributed by atoms with van der Waals surface area (Å²) in [4.78, 5) is 18.2. The Bertz CT molecular complexity index is 876. The van der Waals surface area contributed by atoms with Crippen molar-refractivity contribution in [1.29, 1.82) is 0 Å². The van der Waals surface area contributed by atoms with Gasteiger partial charge in [0.1, 0.15) is 0 Å². The van der Waals surface area contributed by atoms with Gasteiger partial charge >= 0.3 is 6.03 Å². The molecule has 2 heterocycles. The van der Waals surface area contributed by atoms with E-state index in [1.165, 1.54) is 43.5 Å². The van der Waals surface area contributed by atoms with E-state index >= 15 is 0 Å². The third-order valence-corrected chi connectivity index (χ3v) is 8.13. The molecule has 1 N–H and O–H groups in total. The maximum absolute atomic E-state index is 13.3. The molecule has 34 heavy (non-hydrogen) atoms. The number of hydrogen-bond acceptors (Lipinski definition) is 2. The summed E-state index contributed by atoms with van der Waals surface area (Å²) in [7, 11) is 0. The van der Waals surface area contributed by atoms with Crippen molar-refractivity contribution in [1.82, 2.24) is 15.1 Å². The molecule has 2 fully saturated rings. The number of aryl methyl sites for hydroxylation is 1. The number of likely N-dealkylation sites (tertiary alicyclic amines) is 2. The molecular weight excluding hydrogens is 418 g/mol. The number of amides is 2.